The average molecular weight is 347 g/mol. The molecule has 1 aromatic carbocycles. The van der Waals surface area contributed by atoms with E-state index in [9.17, 15) is 4.79 Å². The van der Waals surface area contributed by atoms with Gasteiger partial charge in [-0.25, -0.2) is 0 Å². The molecule has 0 spiro atoms. The molecule has 3 atom stereocenters. The molecular weight excluding hydrogens is 320 g/mol. The number of hydrogen-bond acceptors (Lipinski definition) is 3. The minimum absolute atomic E-state index is 0.0305. The first kappa shape index (κ1) is 17.2. The Morgan fingerprint density at radius 3 is 2.48 bits per heavy atom. The van der Waals surface area contributed by atoms with E-state index >= 15 is 0 Å². The van der Waals surface area contributed by atoms with Crippen LogP contribution < -0.4 is 0 Å². The fourth-order valence-corrected chi connectivity index (χ4v) is 7.75. The summed E-state index contributed by atoms with van der Waals surface area (Å²) in [6.45, 7) is 8.39. The molecule has 1 saturated carbocycles. The zero-order valence-electron chi connectivity index (χ0n) is 14.1. The predicted molar refractivity (Wildman–Crippen MR) is 103 cm³/mol. The molecule has 1 aromatic rings. The van der Waals surface area contributed by atoms with Crippen molar-refractivity contribution >= 4 is 29.3 Å². The fourth-order valence-electron chi connectivity index (χ4n) is 3.92. The molecular formula is C20H26OS2. The first-order chi connectivity index (χ1) is 11.0. The molecule has 3 heteroatoms. The van der Waals surface area contributed by atoms with Gasteiger partial charge in [0.1, 0.15) is 5.78 Å². The van der Waals surface area contributed by atoms with Crippen LogP contribution in [0.3, 0.4) is 0 Å². The molecule has 3 rings (SSSR count). The van der Waals surface area contributed by atoms with Crippen LogP contribution in [0.2, 0.25) is 0 Å². The smallest absolute Gasteiger partial charge is 0.136 e. The molecule has 0 aromatic heterocycles. The molecule has 0 amide bonds. The van der Waals surface area contributed by atoms with Crippen LogP contribution in [0.4, 0.5) is 0 Å². The summed E-state index contributed by atoms with van der Waals surface area (Å²) in [5, 5.41) is 0. The number of thioether (sulfide) groups is 2. The van der Waals surface area contributed by atoms with Gasteiger partial charge in [0, 0.05) is 12.3 Å². The molecule has 1 nitrogen and oxygen atoms in total. The molecule has 124 valence electrons. The number of ketones is 1. The second kappa shape index (κ2) is 7.06. The first-order valence-corrected chi connectivity index (χ1v) is 10.5. The highest BCUT2D eigenvalue weighted by Crippen LogP contribution is 2.60. The highest BCUT2D eigenvalue weighted by atomic mass is 32.2. The van der Waals surface area contributed by atoms with Gasteiger partial charge in [0.15, 0.2) is 0 Å². The maximum absolute atomic E-state index is 12.7. The summed E-state index contributed by atoms with van der Waals surface area (Å²) < 4.78 is 0.0305. The van der Waals surface area contributed by atoms with Gasteiger partial charge in [0.05, 0.1) is 4.08 Å². The zero-order valence-corrected chi connectivity index (χ0v) is 15.7. The van der Waals surface area contributed by atoms with Crippen LogP contribution in [0.25, 0.3) is 0 Å². The van der Waals surface area contributed by atoms with Crippen LogP contribution in [0, 0.1) is 17.8 Å². The molecule has 2 unspecified atom stereocenters. The van der Waals surface area contributed by atoms with E-state index in [1.54, 1.807) is 0 Å². The standard InChI is InChI=1S/C20H26OS2/c1-14(2)16-12-18(15(3)19(21)13-16)20(22-10-7-11-23-20)17-8-5-4-6-9-17/h4-6,8-9,15-16,18H,1,7,10-13H2,2-3H3/t15?,16-,18?/m1/s1. The van der Waals surface area contributed by atoms with Crippen molar-refractivity contribution in [1.29, 1.82) is 0 Å². The van der Waals surface area contributed by atoms with E-state index in [1.807, 2.05) is 0 Å². The molecule has 0 N–H and O–H groups in total. The van der Waals surface area contributed by atoms with E-state index < -0.39 is 0 Å². The predicted octanol–water partition coefficient (Wildman–Crippen LogP) is 5.52. The zero-order chi connectivity index (χ0) is 16.4. The molecule has 2 fully saturated rings. The monoisotopic (exact) mass is 346 g/mol. The van der Waals surface area contributed by atoms with Crippen molar-refractivity contribution < 1.29 is 4.79 Å². The molecule has 1 aliphatic carbocycles. The number of rotatable bonds is 3. The third kappa shape index (κ3) is 3.28. The van der Waals surface area contributed by atoms with Gasteiger partial charge in [0.2, 0.25) is 0 Å². The second-order valence-corrected chi connectivity index (χ2v) is 9.87. The summed E-state index contributed by atoms with van der Waals surface area (Å²) in [5.41, 5.74) is 2.56. The van der Waals surface area contributed by atoms with Crippen LogP contribution in [-0.2, 0) is 8.87 Å². The van der Waals surface area contributed by atoms with Crippen LogP contribution in [0.5, 0.6) is 0 Å². The van der Waals surface area contributed by atoms with Gasteiger partial charge in [-0.2, -0.15) is 0 Å². The number of allylic oxidation sites excluding steroid dienone is 1. The van der Waals surface area contributed by atoms with E-state index in [-0.39, 0.29) is 10.00 Å². The number of carbonyl (C=O) groups is 1. The maximum Gasteiger partial charge on any atom is 0.136 e. The third-order valence-corrected chi connectivity index (χ3v) is 9.01. The van der Waals surface area contributed by atoms with Crippen LogP contribution in [-0.4, -0.2) is 17.3 Å². The molecule has 1 aliphatic heterocycles. The molecule has 0 radical (unpaired) electrons. The normalized spacial score (nSPS) is 30.9. The van der Waals surface area contributed by atoms with Gasteiger partial charge in [-0.1, -0.05) is 49.4 Å². The van der Waals surface area contributed by atoms with Gasteiger partial charge in [-0.15, -0.1) is 23.5 Å². The number of benzene rings is 1. The fraction of sp³-hybridized carbons (Fsp3) is 0.550. The quantitative estimate of drug-likeness (QED) is 0.671. The minimum Gasteiger partial charge on any atom is -0.299 e. The van der Waals surface area contributed by atoms with Crippen molar-refractivity contribution in [2.75, 3.05) is 11.5 Å². The highest BCUT2D eigenvalue weighted by Gasteiger charge is 2.49. The summed E-state index contributed by atoms with van der Waals surface area (Å²) in [5.74, 6) is 3.70. The van der Waals surface area contributed by atoms with Crippen molar-refractivity contribution in [3.8, 4) is 0 Å². The summed E-state index contributed by atoms with van der Waals surface area (Å²) in [7, 11) is 0. The Hall–Kier alpha value is -0.670. The largest absolute Gasteiger partial charge is 0.299 e. The lowest BCUT2D eigenvalue weighted by Crippen LogP contribution is -2.43. The van der Waals surface area contributed by atoms with Crippen LogP contribution in [0.15, 0.2) is 42.5 Å². The Labute approximate surface area is 148 Å². The lowest BCUT2D eigenvalue weighted by molar-refractivity contribution is -0.127. The van der Waals surface area contributed by atoms with Gasteiger partial charge < -0.3 is 0 Å². The van der Waals surface area contributed by atoms with Crippen LogP contribution in [0.1, 0.15) is 38.7 Å². The Balaban J connectivity index is 2.01. The van der Waals surface area contributed by atoms with Gasteiger partial charge in [-0.3, -0.25) is 4.79 Å². The van der Waals surface area contributed by atoms with Gasteiger partial charge in [-0.05, 0) is 48.7 Å². The lowest BCUT2D eigenvalue weighted by Gasteiger charge is -2.48. The number of Topliss-reactive ketones (excluding diaryl/α,β-unsaturated/α-hetero) is 1. The minimum atomic E-state index is 0.0305. The topological polar surface area (TPSA) is 17.1 Å². The maximum atomic E-state index is 12.7. The summed E-state index contributed by atoms with van der Waals surface area (Å²) in [4.78, 5) is 12.7. The first-order valence-electron chi connectivity index (χ1n) is 8.56. The second-order valence-electron chi connectivity index (χ2n) is 6.93. The molecule has 1 saturated heterocycles. The number of hydrogen-bond donors (Lipinski definition) is 0. The van der Waals surface area contributed by atoms with Crippen molar-refractivity contribution in [1.82, 2.24) is 0 Å². The van der Waals surface area contributed by atoms with E-state index in [2.05, 4.69) is 74.3 Å². The van der Waals surface area contributed by atoms with Crippen molar-refractivity contribution in [2.24, 2.45) is 17.8 Å². The summed E-state index contributed by atoms with van der Waals surface area (Å²) in [6.07, 6.45) is 3.05. The lowest BCUT2D eigenvalue weighted by atomic mass is 9.69. The number of carbonyl (C=O) groups excluding carboxylic acids is 1. The Morgan fingerprint density at radius 2 is 1.87 bits per heavy atom. The van der Waals surface area contributed by atoms with Gasteiger partial charge >= 0.3 is 0 Å². The van der Waals surface area contributed by atoms with Crippen molar-refractivity contribution in [3.63, 3.8) is 0 Å². The van der Waals surface area contributed by atoms with Gasteiger partial charge in [0.25, 0.3) is 0 Å². The Morgan fingerprint density at radius 1 is 1.22 bits per heavy atom. The summed E-state index contributed by atoms with van der Waals surface area (Å²) in [6, 6.07) is 10.9. The average Bonchev–Trinajstić information content (AvgIpc) is 2.58. The SMILES string of the molecule is C=C(C)[C@H]1CC(=O)C(C)C(C2(c3ccccc3)SCCCS2)C1. The van der Waals surface area contributed by atoms with Crippen molar-refractivity contribution in [2.45, 2.75) is 37.2 Å². The molecule has 2 aliphatic rings. The molecule has 0 bridgehead atoms. The Kier molecular flexibility index (Phi) is 5.27. The van der Waals surface area contributed by atoms with E-state index in [0.717, 1.165) is 6.42 Å². The Bertz CT molecular complexity index is 575. The van der Waals surface area contributed by atoms with E-state index in [0.29, 0.717) is 24.0 Å². The summed E-state index contributed by atoms with van der Waals surface area (Å²) >= 11 is 4.14. The van der Waals surface area contributed by atoms with Crippen LogP contribution >= 0.6 is 23.5 Å². The molecule has 1 heterocycles. The van der Waals surface area contributed by atoms with E-state index in [1.165, 1.54) is 29.1 Å². The van der Waals surface area contributed by atoms with E-state index in [4.69, 9.17) is 0 Å². The highest BCUT2D eigenvalue weighted by molar-refractivity contribution is 8.18. The van der Waals surface area contributed by atoms with Crippen molar-refractivity contribution in [3.05, 3.63) is 48.0 Å². The third-order valence-electron chi connectivity index (χ3n) is 5.38. The molecule has 23 heavy (non-hydrogen) atoms.